The zero-order valence-electron chi connectivity index (χ0n) is 22.9. The molecule has 0 saturated carbocycles. The van der Waals surface area contributed by atoms with E-state index in [4.69, 9.17) is 10.2 Å². The molecule has 4 atom stereocenters. The summed E-state index contributed by atoms with van der Waals surface area (Å²) in [6.07, 6.45) is 0. The minimum absolute atomic E-state index is 0.00983. The fourth-order valence-corrected chi connectivity index (χ4v) is 7.27. The Labute approximate surface area is 244 Å². The molecule has 0 aromatic heterocycles. The summed E-state index contributed by atoms with van der Waals surface area (Å²) in [5.41, 5.74) is 4.55. The molecule has 7 heteroatoms. The summed E-state index contributed by atoms with van der Waals surface area (Å²) in [5.74, 6) is -0.992. The minimum atomic E-state index is -0.506. The molecule has 0 radical (unpaired) electrons. The number of hydrazone groups is 2. The smallest absolute Gasteiger partial charge is 0.174 e. The van der Waals surface area contributed by atoms with E-state index in [0.29, 0.717) is 11.1 Å². The first kappa shape index (κ1) is 26.7. The van der Waals surface area contributed by atoms with Crippen LogP contribution in [0.5, 0.6) is 0 Å². The average Bonchev–Trinajstić information content (AvgIpc) is 3.53. The zero-order chi connectivity index (χ0) is 28.3. The van der Waals surface area contributed by atoms with Crippen LogP contribution in [0.25, 0.3) is 0 Å². The average molecular weight is 559 g/mol. The van der Waals surface area contributed by atoms with Crippen molar-refractivity contribution in [2.24, 2.45) is 22.0 Å². The van der Waals surface area contributed by atoms with Crippen LogP contribution in [0.4, 0.5) is 11.4 Å². The second-order valence-corrected chi connectivity index (χ2v) is 11.4. The first-order chi connectivity index (χ1) is 20.0. The van der Waals surface area contributed by atoms with Gasteiger partial charge in [-0.25, -0.2) is 0 Å². The van der Waals surface area contributed by atoms with Gasteiger partial charge in [0.1, 0.15) is 10.7 Å². The summed E-state index contributed by atoms with van der Waals surface area (Å²) in [7, 11) is 0. The normalized spacial score (nSPS) is 21.9. The molecule has 0 bridgehead atoms. The highest BCUT2D eigenvalue weighted by atomic mass is 32.2. The number of anilines is 2. The molecule has 2 heterocycles. The number of para-hydroxylation sites is 2. The summed E-state index contributed by atoms with van der Waals surface area (Å²) in [5, 5.41) is 12.9. The van der Waals surface area contributed by atoms with Crippen LogP contribution in [-0.4, -0.2) is 33.7 Å². The number of hydrogen-bond acceptors (Lipinski definition) is 7. The van der Waals surface area contributed by atoms with Crippen molar-refractivity contribution >= 4 is 46.1 Å². The maximum Gasteiger partial charge on any atom is 0.174 e. The second kappa shape index (κ2) is 11.6. The molecule has 4 aromatic rings. The molecular weight excluding hydrogens is 528 g/mol. The maximum atomic E-state index is 14.0. The lowest BCUT2D eigenvalue weighted by Crippen LogP contribution is -2.42. The Balaban J connectivity index is 1.43. The molecule has 0 unspecified atom stereocenters. The SMILES string of the molecule is CC1=NN(c2ccccc2)[C@H](S[C@H]2[C@H](C(=O)c3ccccc3)C(C)=NN2c2ccccc2)[C@@H]1C(=O)c1ccccc1. The maximum absolute atomic E-state index is 14.0. The van der Waals surface area contributed by atoms with Crippen molar-refractivity contribution in [2.75, 3.05) is 10.0 Å². The molecule has 6 rings (SSSR count). The number of nitrogens with zero attached hydrogens (tertiary/aromatic N) is 4. The monoisotopic (exact) mass is 558 g/mol. The summed E-state index contributed by atoms with van der Waals surface area (Å²) >= 11 is 1.57. The first-order valence-corrected chi connectivity index (χ1v) is 14.6. The fourth-order valence-electron chi connectivity index (χ4n) is 5.46. The highest BCUT2D eigenvalue weighted by Crippen LogP contribution is 2.45. The van der Waals surface area contributed by atoms with Crippen molar-refractivity contribution < 1.29 is 9.59 Å². The predicted molar refractivity (Wildman–Crippen MR) is 168 cm³/mol. The predicted octanol–water partition coefficient (Wildman–Crippen LogP) is 7.16. The number of carbonyl (C=O) groups is 2. The molecule has 204 valence electrons. The zero-order valence-corrected chi connectivity index (χ0v) is 23.7. The van der Waals surface area contributed by atoms with Gasteiger partial charge in [0, 0.05) is 22.6 Å². The van der Waals surface area contributed by atoms with Crippen LogP contribution in [0.1, 0.15) is 34.6 Å². The van der Waals surface area contributed by atoms with Crippen molar-refractivity contribution in [3.8, 4) is 0 Å². The standard InChI is InChI=1S/C34H30N4O2S/c1-23-29(31(39)25-15-7-3-8-16-25)33(37(35-23)27-19-11-5-12-20-27)41-34-30(32(40)26-17-9-4-10-18-26)24(2)36-38(34)28-21-13-6-14-22-28/h3-22,29-30,33-34H,1-2H3/t29-,30-,33-,34+/m0/s1. The van der Waals surface area contributed by atoms with Crippen molar-refractivity contribution in [1.82, 2.24) is 0 Å². The number of carbonyl (C=O) groups excluding carboxylic acids is 2. The first-order valence-electron chi connectivity index (χ1n) is 13.7. The lowest BCUT2D eigenvalue weighted by atomic mass is 9.93. The van der Waals surface area contributed by atoms with Gasteiger partial charge < -0.3 is 0 Å². The third-order valence-electron chi connectivity index (χ3n) is 7.49. The molecule has 2 aliphatic rings. The Kier molecular flexibility index (Phi) is 7.53. The largest absolute Gasteiger partial charge is 0.293 e. The highest BCUT2D eigenvalue weighted by molar-refractivity contribution is 8.00. The summed E-state index contributed by atoms with van der Waals surface area (Å²) in [6, 6.07) is 38.5. The van der Waals surface area contributed by atoms with Gasteiger partial charge in [0.2, 0.25) is 0 Å². The van der Waals surface area contributed by atoms with E-state index < -0.39 is 22.6 Å². The summed E-state index contributed by atoms with van der Waals surface area (Å²) in [4.78, 5) is 28.1. The van der Waals surface area contributed by atoms with Crippen molar-refractivity contribution in [1.29, 1.82) is 0 Å². The third-order valence-corrected chi connectivity index (χ3v) is 8.99. The summed E-state index contributed by atoms with van der Waals surface area (Å²) < 4.78 is 0. The molecule has 0 N–H and O–H groups in total. The number of rotatable bonds is 8. The Hall–Kier alpha value is -4.49. The molecule has 0 amide bonds. The van der Waals surface area contributed by atoms with Crippen molar-refractivity contribution in [2.45, 2.75) is 24.6 Å². The Morgan fingerprint density at radius 1 is 0.537 bits per heavy atom. The van der Waals surface area contributed by atoms with Crippen LogP contribution in [0.15, 0.2) is 132 Å². The van der Waals surface area contributed by atoms with Gasteiger partial charge in [-0.05, 0) is 38.1 Å². The lowest BCUT2D eigenvalue weighted by molar-refractivity contribution is 0.0951. The topological polar surface area (TPSA) is 65.3 Å². The fraction of sp³-hybridized carbons (Fsp3) is 0.176. The van der Waals surface area contributed by atoms with Crippen LogP contribution in [0.3, 0.4) is 0 Å². The highest BCUT2D eigenvalue weighted by Gasteiger charge is 2.48. The van der Waals surface area contributed by atoms with Gasteiger partial charge in [-0.1, -0.05) is 97.1 Å². The summed E-state index contributed by atoms with van der Waals surface area (Å²) in [6.45, 7) is 3.83. The van der Waals surface area contributed by atoms with Crippen LogP contribution in [0, 0.1) is 11.8 Å². The number of ketones is 2. The second-order valence-electron chi connectivity index (χ2n) is 10.2. The van der Waals surface area contributed by atoms with E-state index in [1.165, 1.54) is 0 Å². The lowest BCUT2D eigenvalue weighted by Gasteiger charge is -2.34. The van der Waals surface area contributed by atoms with Crippen LogP contribution >= 0.6 is 11.8 Å². The van der Waals surface area contributed by atoms with Crippen LogP contribution < -0.4 is 10.0 Å². The molecule has 2 aliphatic heterocycles. The van der Waals surface area contributed by atoms with Gasteiger partial charge in [-0.2, -0.15) is 10.2 Å². The van der Waals surface area contributed by atoms with Gasteiger partial charge >= 0.3 is 0 Å². The molecular formula is C34H30N4O2S. The Morgan fingerprint density at radius 2 is 0.854 bits per heavy atom. The van der Waals surface area contributed by atoms with E-state index >= 15 is 0 Å². The molecule has 0 fully saturated rings. The van der Waals surface area contributed by atoms with Gasteiger partial charge in [0.15, 0.2) is 11.6 Å². The van der Waals surface area contributed by atoms with E-state index in [2.05, 4.69) is 0 Å². The van der Waals surface area contributed by atoms with Crippen molar-refractivity contribution in [3.05, 3.63) is 132 Å². The van der Waals surface area contributed by atoms with Crippen LogP contribution in [-0.2, 0) is 0 Å². The quantitative estimate of drug-likeness (QED) is 0.215. The molecule has 0 aliphatic carbocycles. The van der Waals surface area contributed by atoms with Gasteiger partial charge in [-0.3, -0.25) is 19.6 Å². The third kappa shape index (κ3) is 5.21. The van der Waals surface area contributed by atoms with Crippen LogP contribution in [0.2, 0.25) is 0 Å². The Bertz CT molecular complexity index is 1470. The van der Waals surface area contributed by atoms with Gasteiger partial charge in [-0.15, -0.1) is 11.8 Å². The Morgan fingerprint density at radius 3 is 1.20 bits per heavy atom. The molecule has 41 heavy (non-hydrogen) atoms. The molecule has 0 saturated heterocycles. The number of Topliss-reactive ketones (excluding diaryl/α,β-unsaturated/α-hetero) is 2. The van der Waals surface area contributed by atoms with E-state index in [0.717, 1.165) is 22.8 Å². The number of benzene rings is 4. The molecule has 6 nitrogen and oxygen atoms in total. The van der Waals surface area contributed by atoms with E-state index in [9.17, 15) is 9.59 Å². The van der Waals surface area contributed by atoms with Gasteiger partial charge in [0.25, 0.3) is 0 Å². The molecule has 0 spiro atoms. The van der Waals surface area contributed by atoms with E-state index in [1.54, 1.807) is 11.8 Å². The van der Waals surface area contributed by atoms with Gasteiger partial charge in [0.05, 0.1) is 23.2 Å². The number of thioether (sulfide) groups is 1. The molecule has 4 aromatic carbocycles. The van der Waals surface area contributed by atoms with E-state index in [1.807, 2.05) is 145 Å². The number of hydrogen-bond donors (Lipinski definition) is 0. The minimum Gasteiger partial charge on any atom is -0.293 e. The van der Waals surface area contributed by atoms with Crippen molar-refractivity contribution in [3.63, 3.8) is 0 Å². The van der Waals surface area contributed by atoms with E-state index in [-0.39, 0.29) is 11.6 Å².